The largest absolute Gasteiger partial charge is 0.384 e. The van der Waals surface area contributed by atoms with Crippen LogP contribution in [0.1, 0.15) is 44.7 Å². The smallest absolute Gasteiger partial charge is 0.255 e. The van der Waals surface area contributed by atoms with Crippen LogP contribution in [0, 0.1) is 5.92 Å². The minimum Gasteiger partial charge on any atom is -0.384 e. The van der Waals surface area contributed by atoms with Gasteiger partial charge in [0.1, 0.15) is 12.2 Å². The number of aliphatic hydroxyl groups is 1. The molecule has 80 valence electrons. The van der Waals surface area contributed by atoms with Crippen molar-refractivity contribution in [3.63, 3.8) is 0 Å². The molecule has 0 saturated heterocycles. The second kappa shape index (κ2) is 4.52. The van der Waals surface area contributed by atoms with Crippen LogP contribution >= 0.6 is 0 Å². The lowest BCUT2D eigenvalue weighted by Crippen LogP contribution is -2.10. The number of hydrogen-bond donors (Lipinski definition) is 1. The maximum atomic E-state index is 9.19. The van der Waals surface area contributed by atoms with Crippen molar-refractivity contribution < 1.29 is 14.4 Å². The third-order valence-electron chi connectivity index (χ3n) is 1.93. The summed E-state index contributed by atoms with van der Waals surface area (Å²) in [6.45, 7) is 5.59. The Labute approximate surface area is 83.1 Å². The zero-order chi connectivity index (χ0) is 10.7. The van der Waals surface area contributed by atoms with Crippen LogP contribution in [0.3, 0.4) is 0 Å². The van der Waals surface area contributed by atoms with Crippen LogP contribution in [-0.2, 0) is 4.74 Å². The summed E-state index contributed by atoms with van der Waals surface area (Å²) in [7, 11) is 1.60. The van der Waals surface area contributed by atoms with Gasteiger partial charge >= 0.3 is 0 Å². The molecule has 1 aromatic heterocycles. The van der Waals surface area contributed by atoms with Gasteiger partial charge in [0, 0.05) is 7.11 Å². The predicted octanol–water partition coefficient (Wildman–Crippen LogP) is 1.47. The normalized spacial score (nSPS) is 15.9. The second-order valence-electron chi connectivity index (χ2n) is 3.57. The van der Waals surface area contributed by atoms with Gasteiger partial charge in [-0.15, -0.1) is 0 Å². The first kappa shape index (κ1) is 11.1. The molecule has 0 aliphatic carbocycles. The number of methoxy groups -OCH3 is 1. The highest BCUT2D eigenvalue weighted by Gasteiger charge is 2.22. The van der Waals surface area contributed by atoms with Crippen LogP contribution in [0.15, 0.2) is 4.52 Å². The number of nitrogens with zero attached hydrogens (tertiary/aromatic N) is 2. The van der Waals surface area contributed by atoms with E-state index in [0.29, 0.717) is 5.82 Å². The molecule has 0 fully saturated rings. The van der Waals surface area contributed by atoms with Crippen molar-refractivity contribution in [1.29, 1.82) is 0 Å². The van der Waals surface area contributed by atoms with Gasteiger partial charge < -0.3 is 14.4 Å². The molecule has 1 aromatic rings. The molecular weight excluding hydrogens is 184 g/mol. The number of ether oxygens (including phenoxy) is 1. The average molecular weight is 200 g/mol. The molecule has 0 bridgehead atoms. The van der Waals surface area contributed by atoms with E-state index < -0.39 is 6.10 Å². The van der Waals surface area contributed by atoms with Gasteiger partial charge in [0.2, 0.25) is 5.82 Å². The highest BCUT2D eigenvalue weighted by molar-refractivity contribution is 4.93. The first-order valence-corrected chi connectivity index (χ1v) is 4.60. The molecule has 0 saturated carbocycles. The summed E-state index contributed by atoms with van der Waals surface area (Å²) in [6.07, 6.45) is -0.924. The first-order valence-electron chi connectivity index (χ1n) is 4.60. The van der Waals surface area contributed by atoms with Crippen molar-refractivity contribution in [2.75, 3.05) is 7.11 Å². The summed E-state index contributed by atoms with van der Waals surface area (Å²) >= 11 is 0. The van der Waals surface area contributed by atoms with Gasteiger partial charge in [0.25, 0.3) is 5.89 Å². The Morgan fingerprint density at radius 3 is 2.36 bits per heavy atom. The van der Waals surface area contributed by atoms with Crippen LogP contribution in [0.25, 0.3) is 0 Å². The summed E-state index contributed by atoms with van der Waals surface area (Å²) in [5.74, 6) is 0.973. The van der Waals surface area contributed by atoms with Crippen LogP contribution in [0.2, 0.25) is 0 Å². The summed E-state index contributed by atoms with van der Waals surface area (Å²) in [5.41, 5.74) is 0. The maximum Gasteiger partial charge on any atom is 0.255 e. The second-order valence-corrected chi connectivity index (χ2v) is 3.57. The molecule has 1 rings (SSSR count). The van der Waals surface area contributed by atoms with Gasteiger partial charge in [-0.1, -0.05) is 19.0 Å². The standard InChI is InChI=1S/C9H16N2O3/c1-5(2)7(13-4)8-10-9(6(3)12)14-11-8/h5-7,12H,1-4H3/t6-,7?/m0/s1. The van der Waals surface area contributed by atoms with Crippen molar-refractivity contribution in [2.45, 2.75) is 33.0 Å². The fourth-order valence-corrected chi connectivity index (χ4v) is 1.21. The molecule has 5 heteroatoms. The molecule has 0 aliphatic rings. The Kier molecular flexibility index (Phi) is 3.60. The Hall–Kier alpha value is -0.940. The molecule has 1 heterocycles. The van der Waals surface area contributed by atoms with E-state index in [2.05, 4.69) is 10.1 Å². The fraction of sp³-hybridized carbons (Fsp3) is 0.778. The highest BCUT2D eigenvalue weighted by Crippen LogP contribution is 2.23. The lowest BCUT2D eigenvalue weighted by atomic mass is 10.1. The van der Waals surface area contributed by atoms with Crippen molar-refractivity contribution in [1.82, 2.24) is 10.1 Å². The monoisotopic (exact) mass is 200 g/mol. The molecule has 14 heavy (non-hydrogen) atoms. The SMILES string of the molecule is COC(c1noc([C@H](C)O)n1)C(C)C. The molecule has 0 spiro atoms. The lowest BCUT2D eigenvalue weighted by Gasteiger charge is -2.14. The first-order chi connectivity index (χ1) is 6.56. The van der Waals surface area contributed by atoms with E-state index in [4.69, 9.17) is 9.26 Å². The van der Waals surface area contributed by atoms with Gasteiger partial charge in [-0.05, 0) is 12.8 Å². The van der Waals surface area contributed by atoms with Gasteiger partial charge in [0.15, 0.2) is 0 Å². The van der Waals surface area contributed by atoms with Crippen LogP contribution in [-0.4, -0.2) is 22.4 Å². The third kappa shape index (κ3) is 2.30. The number of aromatic nitrogens is 2. The summed E-state index contributed by atoms with van der Waals surface area (Å²) in [5, 5.41) is 13.0. The molecule has 1 unspecified atom stereocenters. The average Bonchev–Trinajstić information content (AvgIpc) is 2.53. The molecule has 0 amide bonds. The van der Waals surface area contributed by atoms with E-state index >= 15 is 0 Å². The fourth-order valence-electron chi connectivity index (χ4n) is 1.21. The van der Waals surface area contributed by atoms with E-state index in [9.17, 15) is 5.11 Å². The number of aliphatic hydroxyl groups excluding tert-OH is 1. The Bertz CT molecular complexity index is 283. The highest BCUT2D eigenvalue weighted by atomic mass is 16.5. The summed E-state index contributed by atoms with van der Waals surface area (Å²) in [6, 6.07) is 0. The molecule has 5 nitrogen and oxygen atoms in total. The summed E-state index contributed by atoms with van der Waals surface area (Å²) in [4.78, 5) is 4.05. The number of rotatable bonds is 4. The van der Waals surface area contributed by atoms with Crippen LogP contribution in [0.5, 0.6) is 0 Å². The Balaban J connectivity index is 2.84. The topological polar surface area (TPSA) is 68.4 Å². The van der Waals surface area contributed by atoms with Gasteiger partial charge in [-0.25, -0.2) is 0 Å². The van der Waals surface area contributed by atoms with Crippen molar-refractivity contribution in [3.05, 3.63) is 11.7 Å². The molecule has 1 N–H and O–H groups in total. The van der Waals surface area contributed by atoms with Crippen LogP contribution < -0.4 is 0 Å². The van der Waals surface area contributed by atoms with Crippen molar-refractivity contribution in [3.8, 4) is 0 Å². The lowest BCUT2D eigenvalue weighted by molar-refractivity contribution is 0.0555. The molecule has 0 radical (unpaired) electrons. The van der Waals surface area contributed by atoms with Crippen LogP contribution in [0.4, 0.5) is 0 Å². The molecule has 2 atom stereocenters. The quantitative estimate of drug-likeness (QED) is 0.797. The van der Waals surface area contributed by atoms with Crippen molar-refractivity contribution >= 4 is 0 Å². The van der Waals surface area contributed by atoms with E-state index in [1.807, 2.05) is 13.8 Å². The van der Waals surface area contributed by atoms with Crippen molar-refractivity contribution in [2.24, 2.45) is 5.92 Å². The predicted molar refractivity (Wildman–Crippen MR) is 49.5 cm³/mol. The van der Waals surface area contributed by atoms with E-state index in [1.54, 1.807) is 14.0 Å². The summed E-state index contributed by atoms with van der Waals surface area (Å²) < 4.78 is 10.1. The molecular formula is C9H16N2O3. The third-order valence-corrected chi connectivity index (χ3v) is 1.93. The van der Waals surface area contributed by atoms with Gasteiger partial charge in [-0.3, -0.25) is 0 Å². The van der Waals surface area contributed by atoms with Gasteiger partial charge in [-0.2, -0.15) is 4.98 Å². The minimum absolute atomic E-state index is 0.189. The van der Waals surface area contributed by atoms with E-state index in [-0.39, 0.29) is 17.9 Å². The van der Waals surface area contributed by atoms with Gasteiger partial charge in [0.05, 0.1) is 0 Å². The minimum atomic E-state index is -0.735. The zero-order valence-electron chi connectivity index (χ0n) is 8.89. The zero-order valence-corrected chi connectivity index (χ0v) is 8.89. The number of hydrogen-bond acceptors (Lipinski definition) is 5. The molecule has 0 aliphatic heterocycles. The van der Waals surface area contributed by atoms with E-state index in [0.717, 1.165) is 0 Å². The maximum absolute atomic E-state index is 9.19. The van der Waals surface area contributed by atoms with E-state index in [1.165, 1.54) is 0 Å². The Morgan fingerprint density at radius 2 is 2.00 bits per heavy atom. The Morgan fingerprint density at radius 1 is 1.36 bits per heavy atom. The molecule has 0 aromatic carbocycles.